The van der Waals surface area contributed by atoms with Gasteiger partial charge in [-0.25, -0.2) is 4.39 Å². The smallest absolute Gasteiger partial charge is 0.137 e. The lowest BCUT2D eigenvalue weighted by Gasteiger charge is -2.27. The Morgan fingerprint density at radius 3 is 2.75 bits per heavy atom. The Kier molecular flexibility index (Phi) is 3.36. The van der Waals surface area contributed by atoms with Crippen molar-refractivity contribution in [3.05, 3.63) is 34.1 Å². The zero-order valence-corrected chi connectivity index (χ0v) is 10.9. The van der Waals surface area contributed by atoms with Crippen molar-refractivity contribution < 1.29 is 9.50 Å². The quantitative estimate of drug-likeness (QED) is 0.898. The first-order valence-corrected chi connectivity index (χ1v) is 6.40. The molecule has 0 radical (unpaired) electrons. The molecule has 1 aromatic carbocycles. The van der Waals surface area contributed by atoms with Crippen LogP contribution in [0.1, 0.15) is 25.3 Å². The van der Waals surface area contributed by atoms with Gasteiger partial charge < -0.3 is 5.11 Å². The van der Waals surface area contributed by atoms with Gasteiger partial charge in [-0.05, 0) is 58.2 Å². The zero-order valence-electron chi connectivity index (χ0n) is 9.34. The lowest BCUT2D eigenvalue weighted by atomic mass is 9.80. The Hall–Kier alpha value is -0.410. The molecule has 1 N–H and O–H groups in total. The molecule has 88 valence electrons. The minimum absolute atomic E-state index is 0.101. The largest absolute Gasteiger partial charge is 0.396 e. The van der Waals surface area contributed by atoms with Gasteiger partial charge in [-0.15, -0.1) is 0 Å². The van der Waals surface area contributed by atoms with Crippen molar-refractivity contribution in [3.8, 4) is 0 Å². The van der Waals surface area contributed by atoms with Gasteiger partial charge in [-0.2, -0.15) is 0 Å². The van der Waals surface area contributed by atoms with Gasteiger partial charge in [0.1, 0.15) is 5.82 Å². The molecule has 0 heterocycles. The van der Waals surface area contributed by atoms with Crippen LogP contribution in [-0.2, 0) is 6.42 Å². The Labute approximate surface area is 104 Å². The lowest BCUT2D eigenvalue weighted by molar-refractivity contribution is 0.119. The summed E-state index contributed by atoms with van der Waals surface area (Å²) in [4.78, 5) is 0. The van der Waals surface area contributed by atoms with E-state index in [2.05, 4.69) is 22.9 Å². The second kappa shape index (κ2) is 4.46. The fraction of sp³-hybridized carbons (Fsp3) is 0.538. The van der Waals surface area contributed by atoms with E-state index in [0.29, 0.717) is 10.4 Å². The van der Waals surface area contributed by atoms with E-state index in [9.17, 15) is 9.50 Å². The highest BCUT2D eigenvalue weighted by atomic mass is 79.9. The van der Waals surface area contributed by atoms with E-state index >= 15 is 0 Å². The van der Waals surface area contributed by atoms with Crippen molar-refractivity contribution in [2.45, 2.75) is 26.2 Å². The van der Waals surface area contributed by atoms with Gasteiger partial charge in [0.25, 0.3) is 0 Å². The first-order valence-electron chi connectivity index (χ1n) is 5.60. The van der Waals surface area contributed by atoms with Crippen molar-refractivity contribution >= 4 is 15.9 Å². The van der Waals surface area contributed by atoms with E-state index in [4.69, 9.17) is 0 Å². The molecule has 1 atom stereocenters. The van der Waals surface area contributed by atoms with Crippen LogP contribution in [0.3, 0.4) is 0 Å². The third kappa shape index (κ3) is 2.30. The Balaban J connectivity index is 2.22. The summed E-state index contributed by atoms with van der Waals surface area (Å²) in [6.45, 7) is 2.25. The van der Waals surface area contributed by atoms with Gasteiger partial charge in [-0.1, -0.05) is 19.1 Å². The SMILES string of the molecule is CC(CO)(Cc1cccc(F)c1Br)C1CC1. The van der Waals surface area contributed by atoms with E-state index in [-0.39, 0.29) is 17.8 Å². The fourth-order valence-electron chi connectivity index (χ4n) is 2.23. The molecule has 0 saturated heterocycles. The van der Waals surface area contributed by atoms with Gasteiger partial charge in [0, 0.05) is 6.61 Å². The number of aliphatic hydroxyl groups excluding tert-OH is 1. The van der Waals surface area contributed by atoms with Crippen molar-refractivity contribution in [1.82, 2.24) is 0 Å². The highest BCUT2D eigenvalue weighted by Gasteiger charge is 2.41. The minimum atomic E-state index is -0.228. The molecule has 16 heavy (non-hydrogen) atoms. The molecule has 0 aliphatic heterocycles. The van der Waals surface area contributed by atoms with Crippen molar-refractivity contribution in [1.29, 1.82) is 0 Å². The van der Waals surface area contributed by atoms with Crippen LogP contribution >= 0.6 is 15.9 Å². The third-order valence-electron chi connectivity index (χ3n) is 3.55. The van der Waals surface area contributed by atoms with Gasteiger partial charge in [0.05, 0.1) is 4.47 Å². The summed E-state index contributed by atoms with van der Waals surface area (Å²) in [7, 11) is 0. The van der Waals surface area contributed by atoms with Crippen molar-refractivity contribution in [3.63, 3.8) is 0 Å². The predicted molar refractivity (Wildman–Crippen MR) is 65.7 cm³/mol. The predicted octanol–water partition coefficient (Wildman–Crippen LogP) is 3.54. The monoisotopic (exact) mass is 286 g/mol. The number of hydrogen-bond acceptors (Lipinski definition) is 1. The summed E-state index contributed by atoms with van der Waals surface area (Å²) in [5.74, 6) is 0.362. The molecular formula is C13H16BrFO. The summed E-state index contributed by atoms with van der Waals surface area (Å²) in [6, 6.07) is 5.09. The molecule has 1 aromatic rings. The molecule has 3 heteroatoms. The standard InChI is InChI=1S/C13H16BrFO/c1-13(8-16,10-5-6-10)7-9-3-2-4-11(15)12(9)14/h2-4,10,16H,5-8H2,1H3. The van der Waals surface area contributed by atoms with Gasteiger partial charge >= 0.3 is 0 Å². The maximum absolute atomic E-state index is 13.4. The van der Waals surface area contributed by atoms with Crippen LogP contribution in [-0.4, -0.2) is 11.7 Å². The van der Waals surface area contributed by atoms with E-state index in [1.54, 1.807) is 6.07 Å². The molecule has 0 spiro atoms. The third-order valence-corrected chi connectivity index (χ3v) is 4.44. The minimum Gasteiger partial charge on any atom is -0.396 e. The van der Waals surface area contributed by atoms with Crippen LogP contribution in [0.2, 0.25) is 0 Å². The lowest BCUT2D eigenvalue weighted by Crippen LogP contribution is -2.27. The maximum atomic E-state index is 13.4. The molecule has 0 amide bonds. The summed E-state index contributed by atoms with van der Waals surface area (Å²) >= 11 is 3.27. The average molecular weight is 287 g/mol. The normalized spacial score (nSPS) is 19.5. The zero-order chi connectivity index (χ0) is 11.8. The highest BCUT2D eigenvalue weighted by molar-refractivity contribution is 9.10. The topological polar surface area (TPSA) is 20.2 Å². The Morgan fingerprint density at radius 1 is 1.50 bits per heavy atom. The number of rotatable bonds is 4. The number of aliphatic hydroxyl groups is 1. The molecule has 1 saturated carbocycles. The van der Waals surface area contributed by atoms with Crippen LogP contribution in [0.15, 0.2) is 22.7 Å². The van der Waals surface area contributed by atoms with Crippen LogP contribution in [0, 0.1) is 17.2 Å². The molecule has 2 rings (SSSR count). The molecule has 1 unspecified atom stereocenters. The van der Waals surface area contributed by atoms with Crippen molar-refractivity contribution in [2.75, 3.05) is 6.61 Å². The molecule has 1 nitrogen and oxygen atoms in total. The van der Waals surface area contributed by atoms with Gasteiger partial charge in [0.2, 0.25) is 0 Å². The second-order valence-corrected chi connectivity index (χ2v) is 5.77. The van der Waals surface area contributed by atoms with E-state index in [1.165, 1.54) is 18.9 Å². The summed E-state index contributed by atoms with van der Waals surface area (Å²) in [5.41, 5.74) is 0.847. The molecular weight excluding hydrogens is 271 g/mol. The maximum Gasteiger partial charge on any atom is 0.137 e. The fourth-order valence-corrected chi connectivity index (χ4v) is 2.63. The van der Waals surface area contributed by atoms with Gasteiger partial charge in [0.15, 0.2) is 0 Å². The highest BCUT2D eigenvalue weighted by Crippen LogP contribution is 2.47. The Bertz CT molecular complexity index is 390. The number of halogens is 2. The summed E-state index contributed by atoms with van der Waals surface area (Å²) in [5, 5.41) is 9.51. The van der Waals surface area contributed by atoms with E-state index < -0.39 is 0 Å². The Morgan fingerprint density at radius 2 is 2.19 bits per heavy atom. The van der Waals surface area contributed by atoms with Crippen LogP contribution in [0.25, 0.3) is 0 Å². The molecule has 0 bridgehead atoms. The first-order chi connectivity index (χ1) is 7.57. The molecule has 0 aromatic heterocycles. The molecule has 1 aliphatic rings. The molecule has 1 aliphatic carbocycles. The average Bonchev–Trinajstić information content (AvgIpc) is 3.08. The van der Waals surface area contributed by atoms with Gasteiger partial charge in [-0.3, -0.25) is 0 Å². The van der Waals surface area contributed by atoms with Crippen molar-refractivity contribution in [2.24, 2.45) is 11.3 Å². The summed E-state index contributed by atoms with van der Waals surface area (Å²) < 4.78 is 13.9. The second-order valence-electron chi connectivity index (χ2n) is 4.98. The summed E-state index contributed by atoms with van der Waals surface area (Å²) in [6.07, 6.45) is 3.10. The van der Waals surface area contributed by atoms with Crippen LogP contribution in [0.5, 0.6) is 0 Å². The first kappa shape index (κ1) is 12.1. The number of hydrogen-bond donors (Lipinski definition) is 1. The van der Waals surface area contributed by atoms with Crippen LogP contribution < -0.4 is 0 Å². The van der Waals surface area contributed by atoms with E-state index in [0.717, 1.165) is 12.0 Å². The number of benzene rings is 1. The van der Waals surface area contributed by atoms with Crippen LogP contribution in [0.4, 0.5) is 4.39 Å². The molecule has 1 fully saturated rings. The van der Waals surface area contributed by atoms with E-state index in [1.807, 2.05) is 6.07 Å².